The first-order valence-electron chi connectivity index (χ1n) is 9.28. The molecule has 140 valence electrons. The van der Waals surface area contributed by atoms with Crippen molar-refractivity contribution >= 4 is 16.9 Å². The van der Waals surface area contributed by atoms with Gasteiger partial charge in [-0.3, -0.25) is 9.69 Å². The third kappa shape index (κ3) is 3.11. The molecule has 7 nitrogen and oxygen atoms in total. The molecule has 1 aliphatic carbocycles. The Hall–Kier alpha value is -1.96. The predicted molar refractivity (Wildman–Crippen MR) is 98.1 cm³/mol. The smallest absolute Gasteiger partial charge is 0.251 e. The van der Waals surface area contributed by atoms with Crippen LogP contribution in [0.4, 0.5) is 0 Å². The Balaban J connectivity index is 1.44. The van der Waals surface area contributed by atoms with Gasteiger partial charge in [-0.15, -0.1) is 0 Å². The second kappa shape index (κ2) is 6.98. The number of ether oxygens (including phenoxy) is 1. The summed E-state index contributed by atoms with van der Waals surface area (Å²) in [6.45, 7) is 5.06. The fourth-order valence-corrected chi connectivity index (χ4v) is 4.14. The number of aryl methyl sites for hydroxylation is 2. The van der Waals surface area contributed by atoms with Crippen LogP contribution in [0, 0.1) is 6.92 Å². The largest absolute Gasteiger partial charge is 0.389 e. The average Bonchev–Trinajstić information content (AvgIpc) is 3.15. The van der Waals surface area contributed by atoms with Crippen LogP contribution in [0.3, 0.4) is 0 Å². The molecule has 2 fully saturated rings. The van der Waals surface area contributed by atoms with Crippen molar-refractivity contribution in [2.24, 2.45) is 7.05 Å². The summed E-state index contributed by atoms with van der Waals surface area (Å²) < 4.78 is 7.39. The van der Waals surface area contributed by atoms with Crippen LogP contribution in [-0.2, 0) is 11.8 Å². The van der Waals surface area contributed by atoms with Gasteiger partial charge in [-0.05, 0) is 38.0 Å². The number of nitrogens with zero attached hydrogens (tertiary/aromatic N) is 3. The van der Waals surface area contributed by atoms with Crippen molar-refractivity contribution in [3.63, 3.8) is 0 Å². The summed E-state index contributed by atoms with van der Waals surface area (Å²) in [5, 5.41) is 13.7. The molecule has 1 saturated carbocycles. The van der Waals surface area contributed by atoms with E-state index in [1.54, 1.807) is 0 Å². The van der Waals surface area contributed by atoms with Gasteiger partial charge in [-0.2, -0.15) is 0 Å². The van der Waals surface area contributed by atoms with Crippen molar-refractivity contribution in [1.82, 2.24) is 19.8 Å². The van der Waals surface area contributed by atoms with E-state index in [2.05, 4.69) is 15.2 Å². The Bertz CT molecular complexity index is 812. The number of nitrogens with one attached hydrogen (secondary N) is 1. The highest BCUT2D eigenvalue weighted by Gasteiger charge is 2.39. The first-order valence-corrected chi connectivity index (χ1v) is 9.28. The van der Waals surface area contributed by atoms with E-state index in [0.717, 1.165) is 42.8 Å². The molecular weight excluding hydrogens is 332 g/mol. The number of carbonyl (C=O) groups excluding carboxylic acids is 1. The molecular formula is C19H26N4O3. The van der Waals surface area contributed by atoms with Crippen LogP contribution in [0.1, 0.15) is 29.0 Å². The van der Waals surface area contributed by atoms with Crippen molar-refractivity contribution in [2.75, 3.05) is 26.3 Å². The van der Waals surface area contributed by atoms with Crippen LogP contribution in [0.5, 0.6) is 0 Å². The first-order chi connectivity index (χ1) is 12.5. The predicted octanol–water partition coefficient (Wildman–Crippen LogP) is 0.836. The summed E-state index contributed by atoms with van der Waals surface area (Å²) in [7, 11) is 1.96. The Morgan fingerprint density at radius 3 is 2.85 bits per heavy atom. The number of carbonyl (C=O) groups is 1. The molecule has 0 bridgehead atoms. The molecule has 2 N–H and O–H groups in total. The van der Waals surface area contributed by atoms with Gasteiger partial charge in [0.2, 0.25) is 0 Å². The number of rotatable bonds is 3. The second-order valence-electron chi connectivity index (χ2n) is 7.29. The molecule has 3 atom stereocenters. The summed E-state index contributed by atoms with van der Waals surface area (Å²) in [6.07, 6.45) is 1.14. The minimum atomic E-state index is -0.544. The SMILES string of the molecule is Cc1nc2cc(C(=O)N[C@@H]3CC[C@@H](N4CCOCC4)[C@@H]3O)ccc2n1C. The molecule has 2 heterocycles. The number of benzene rings is 1. The fraction of sp³-hybridized carbons (Fsp3) is 0.579. The number of amides is 1. The topological polar surface area (TPSA) is 79.6 Å². The van der Waals surface area contributed by atoms with E-state index in [-0.39, 0.29) is 18.0 Å². The van der Waals surface area contributed by atoms with Gasteiger partial charge in [0, 0.05) is 31.7 Å². The highest BCUT2D eigenvalue weighted by Crippen LogP contribution is 2.26. The zero-order valence-electron chi connectivity index (χ0n) is 15.3. The normalized spacial score (nSPS) is 27.1. The van der Waals surface area contributed by atoms with Crippen LogP contribution >= 0.6 is 0 Å². The van der Waals surface area contributed by atoms with Gasteiger partial charge in [0.1, 0.15) is 5.82 Å². The summed E-state index contributed by atoms with van der Waals surface area (Å²) in [4.78, 5) is 19.4. The highest BCUT2D eigenvalue weighted by molar-refractivity contribution is 5.97. The zero-order chi connectivity index (χ0) is 18.3. The molecule has 1 aromatic carbocycles. The van der Waals surface area contributed by atoms with Gasteiger partial charge < -0.3 is 19.7 Å². The summed E-state index contributed by atoms with van der Waals surface area (Å²) in [5.74, 6) is 0.763. The van der Waals surface area contributed by atoms with Gasteiger partial charge in [0.05, 0.1) is 36.4 Å². The zero-order valence-corrected chi connectivity index (χ0v) is 15.3. The first kappa shape index (κ1) is 17.5. The van der Waals surface area contributed by atoms with E-state index in [9.17, 15) is 9.90 Å². The molecule has 1 aromatic heterocycles. The molecule has 4 rings (SSSR count). The van der Waals surface area contributed by atoms with E-state index < -0.39 is 6.10 Å². The average molecular weight is 358 g/mol. The monoisotopic (exact) mass is 358 g/mol. The summed E-state index contributed by atoms with van der Waals surface area (Å²) in [5.41, 5.74) is 2.40. The summed E-state index contributed by atoms with van der Waals surface area (Å²) in [6, 6.07) is 5.45. The third-order valence-electron chi connectivity index (χ3n) is 5.78. The van der Waals surface area contributed by atoms with Crippen LogP contribution in [0.2, 0.25) is 0 Å². The number of imidazole rings is 1. The van der Waals surface area contributed by atoms with Crippen molar-refractivity contribution in [2.45, 2.75) is 38.0 Å². The van der Waals surface area contributed by atoms with Gasteiger partial charge >= 0.3 is 0 Å². The van der Waals surface area contributed by atoms with Crippen molar-refractivity contribution in [1.29, 1.82) is 0 Å². The Kier molecular flexibility index (Phi) is 4.69. The number of hydrogen-bond donors (Lipinski definition) is 2. The van der Waals surface area contributed by atoms with Crippen molar-refractivity contribution in [3.05, 3.63) is 29.6 Å². The van der Waals surface area contributed by atoms with E-state index >= 15 is 0 Å². The third-order valence-corrected chi connectivity index (χ3v) is 5.78. The van der Waals surface area contributed by atoms with Gasteiger partial charge in [0.25, 0.3) is 5.91 Å². The highest BCUT2D eigenvalue weighted by atomic mass is 16.5. The lowest BCUT2D eigenvalue weighted by molar-refractivity contribution is -0.0154. The van der Waals surface area contributed by atoms with Gasteiger partial charge in [-0.25, -0.2) is 4.98 Å². The minimum Gasteiger partial charge on any atom is -0.389 e. The van der Waals surface area contributed by atoms with E-state index in [1.165, 1.54) is 0 Å². The Morgan fingerprint density at radius 1 is 1.31 bits per heavy atom. The maximum absolute atomic E-state index is 12.7. The summed E-state index contributed by atoms with van der Waals surface area (Å²) >= 11 is 0. The van der Waals surface area contributed by atoms with Crippen LogP contribution in [0.25, 0.3) is 11.0 Å². The Labute approximate surface area is 152 Å². The second-order valence-corrected chi connectivity index (χ2v) is 7.29. The molecule has 1 aliphatic heterocycles. The maximum Gasteiger partial charge on any atom is 0.251 e. The lowest BCUT2D eigenvalue weighted by Crippen LogP contribution is -2.51. The molecule has 0 unspecified atom stereocenters. The number of aromatic nitrogens is 2. The quantitative estimate of drug-likeness (QED) is 0.850. The molecule has 7 heteroatoms. The lowest BCUT2D eigenvalue weighted by atomic mass is 10.1. The fourth-order valence-electron chi connectivity index (χ4n) is 4.14. The van der Waals surface area contributed by atoms with E-state index in [0.29, 0.717) is 18.8 Å². The lowest BCUT2D eigenvalue weighted by Gasteiger charge is -2.34. The molecule has 0 spiro atoms. The van der Waals surface area contributed by atoms with Crippen LogP contribution in [0.15, 0.2) is 18.2 Å². The molecule has 1 saturated heterocycles. The molecule has 1 amide bonds. The van der Waals surface area contributed by atoms with Crippen molar-refractivity contribution in [3.8, 4) is 0 Å². The molecule has 2 aromatic rings. The molecule has 0 radical (unpaired) electrons. The number of fused-ring (bicyclic) bond motifs is 1. The maximum atomic E-state index is 12.7. The van der Waals surface area contributed by atoms with Crippen LogP contribution in [-0.4, -0.2) is 70.0 Å². The molecule has 2 aliphatic rings. The molecule has 26 heavy (non-hydrogen) atoms. The number of hydrogen-bond acceptors (Lipinski definition) is 5. The van der Waals surface area contributed by atoms with Crippen LogP contribution < -0.4 is 5.32 Å². The Morgan fingerprint density at radius 2 is 2.08 bits per heavy atom. The number of aliphatic hydroxyl groups excluding tert-OH is 1. The van der Waals surface area contributed by atoms with Crippen molar-refractivity contribution < 1.29 is 14.6 Å². The van der Waals surface area contributed by atoms with Gasteiger partial charge in [-0.1, -0.05) is 0 Å². The number of morpholine rings is 1. The van der Waals surface area contributed by atoms with E-state index in [1.807, 2.05) is 36.7 Å². The minimum absolute atomic E-state index is 0.102. The van der Waals surface area contributed by atoms with E-state index in [4.69, 9.17) is 4.74 Å². The standard InChI is InChI=1S/C19H26N4O3/c1-12-20-15-11-13(3-5-16(15)22(12)2)19(25)21-14-4-6-17(18(14)24)23-7-9-26-10-8-23/h3,5,11,14,17-18,24H,4,6-10H2,1-2H3,(H,21,25)/t14-,17-,18-/m1/s1. The number of aliphatic hydroxyl groups is 1. The van der Waals surface area contributed by atoms with Gasteiger partial charge in [0.15, 0.2) is 0 Å².